The van der Waals surface area contributed by atoms with Gasteiger partial charge in [-0.25, -0.2) is 8.78 Å². The molecule has 0 aliphatic heterocycles. The zero-order valence-corrected chi connectivity index (χ0v) is 13.7. The van der Waals surface area contributed by atoms with Crippen LogP contribution in [-0.4, -0.2) is 11.2 Å². The molecule has 1 N–H and O–H groups in total. The molecule has 0 saturated carbocycles. The zero-order valence-electron chi connectivity index (χ0n) is 11.4. The van der Waals surface area contributed by atoms with Crippen molar-refractivity contribution in [2.75, 3.05) is 5.32 Å². The Kier molecular flexibility index (Phi) is 5.67. The van der Waals surface area contributed by atoms with Crippen LogP contribution in [0.5, 0.6) is 0 Å². The van der Waals surface area contributed by atoms with Gasteiger partial charge in [0.1, 0.15) is 0 Å². The van der Waals surface area contributed by atoms with Gasteiger partial charge >= 0.3 is 0 Å². The lowest BCUT2D eigenvalue weighted by Crippen LogP contribution is -2.22. The summed E-state index contributed by atoms with van der Waals surface area (Å²) in [6, 6.07) is 8.22. The van der Waals surface area contributed by atoms with Crippen molar-refractivity contribution < 1.29 is 13.6 Å². The van der Waals surface area contributed by atoms with Gasteiger partial charge in [-0.2, -0.15) is 0 Å². The third-order valence-corrected chi connectivity index (χ3v) is 4.42. The summed E-state index contributed by atoms with van der Waals surface area (Å²) in [6.07, 6.45) is 0. The molecule has 1 unspecified atom stereocenters. The van der Waals surface area contributed by atoms with E-state index in [9.17, 15) is 13.6 Å². The van der Waals surface area contributed by atoms with Crippen molar-refractivity contribution >= 4 is 46.6 Å². The van der Waals surface area contributed by atoms with E-state index in [1.807, 2.05) is 0 Å². The van der Waals surface area contributed by atoms with Crippen LogP contribution in [-0.2, 0) is 4.79 Å². The second-order valence-corrected chi connectivity index (χ2v) is 6.71. The molecule has 2 nitrogen and oxygen atoms in total. The molecule has 2 rings (SSSR count). The summed E-state index contributed by atoms with van der Waals surface area (Å²) in [7, 11) is 0. The predicted octanol–water partition coefficient (Wildman–Crippen LogP) is 5.39. The monoisotopic (exact) mass is 361 g/mol. The number of hydrogen-bond acceptors (Lipinski definition) is 2. The summed E-state index contributed by atoms with van der Waals surface area (Å²) in [5.41, 5.74) is 0.400. The maximum absolute atomic E-state index is 13.2. The number of amides is 1. The number of thioether (sulfide) groups is 1. The first-order valence-corrected chi connectivity index (χ1v) is 7.88. The van der Waals surface area contributed by atoms with E-state index >= 15 is 0 Å². The van der Waals surface area contributed by atoms with Crippen molar-refractivity contribution in [1.82, 2.24) is 0 Å². The molecule has 0 fully saturated rings. The molecule has 2 aromatic carbocycles. The van der Waals surface area contributed by atoms with E-state index in [2.05, 4.69) is 5.32 Å². The highest BCUT2D eigenvalue weighted by Gasteiger charge is 2.17. The SMILES string of the molecule is CC(Sc1ccc(F)c(F)c1)C(=O)Nc1cc(Cl)ccc1Cl. The lowest BCUT2D eigenvalue weighted by Gasteiger charge is -2.13. The number of anilines is 1. The fraction of sp³-hybridized carbons (Fsp3) is 0.133. The van der Waals surface area contributed by atoms with Crippen LogP contribution in [0.1, 0.15) is 6.92 Å². The first-order chi connectivity index (χ1) is 10.4. The van der Waals surface area contributed by atoms with Crippen LogP contribution in [0.25, 0.3) is 0 Å². The highest BCUT2D eigenvalue weighted by atomic mass is 35.5. The standard InChI is InChI=1S/C15H11Cl2F2NOS/c1-8(22-10-3-5-12(18)13(19)7-10)15(21)20-14-6-9(16)2-4-11(14)17/h2-8H,1H3,(H,20,21). The van der Waals surface area contributed by atoms with Gasteiger partial charge in [0.2, 0.25) is 5.91 Å². The van der Waals surface area contributed by atoms with E-state index in [4.69, 9.17) is 23.2 Å². The van der Waals surface area contributed by atoms with Crippen molar-refractivity contribution in [2.24, 2.45) is 0 Å². The first kappa shape index (κ1) is 17.1. The molecule has 1 amide bonds. The Morgan fingerprint density at radius 2 is 1.86 bits per heavy atom. The van der Waals surface area contributed by atoms with Crippen molar-refractivity contribution in [2.45, 2.75) is 17.1 Å². The molecule has 0 bridgehead atoms. The second-order valence-electron chi connectivity index (χ2n) is 4.45. The van der Waals surface area contributed by atoms with Gasteiger partial charge in [-0.05, 0) is 43.3 Å². The van der Waals surface area contributed by atoms with Gasteiger partial charge in [0, 0.05) is 9.92 Å². The fourth-order valence-electron chi connectivity index (χ4n) is 1.64. The number of nitrogens with one attached hydrogen (secondary N) is 1. The average Bonchev–Trinajstić information content (AvgIpc) is 2.46. The number of carbonyl (C=O) groups is 1. The summed E-state index contributed by atoms with van der Waals surface area (Å²) in [5, 5.41) is 2.93. The number of rotatable bonds is 4. The van der Waals surface area contributed by atoms with Gasteiger partial charge < -0.3 is 5.32 Å². The normalized spacial score (nSPS) is 12.0. The van der Waals surface area contributed by atoms with E-state index in [0.29, 0.717) is 20.6 Å². The molecule has 22 heavy (non-hydrogen) atoms. The number of hydrogen-bond donors (Lipinski definition) is 1. The van der Waals surface area contributed by atoms with Crippen LogP contribution in [0.4, 0.5) is 14.5 Å². The minimum Gasteiger partial charge on any atom is -0.324 e. The molecular formula is C15H11Cl2F2NOS. The minimum absolute atomic E-state index is 0.320. The molecule has 0 radical (unpaired) electrons. The number of carbonyl (C=O) groups excluding carboxylic acids is 1. The van der Waals surface area contributed by atoms with E-state index in [-0.39, 0.29) is 5.91 Å². The van der Waals surface area contributed by atoms with Gasteiger partial charge in [0.05, 0.1) is 16.0 Å². The molecule has 0 spiro atoms. The molecule has 0 saturated heterocycles. The van der Waals surface area contributed by atoms with Gasteiger partial charge in [0.25, 0.3) is 0 Å². The Morgan fingerprint density at radius 1 is 1.14 bits per heavy atom. The molecule has 0 aromatic heterocycles. The second kappa shape index (κ2) is 7.31. The molecule has 116 valence electrons. The van der Waals surface area contributed by atoms with Crippen molar-refractivity contribution in [3.8, 4) is 0 Å². The lowest BCUT2D eigenvalue weighted by molar-refractivity contribution is -0.115. The average molecular weight is 362 g/mol. The third-order valence-electron chi connectivity index (χ3n) is 2.76. The van der Waals surface area contributed by atoms with Crippen LogP contribution >= 0.6 is 35.0 Å². The number of halogens is 4. The topological polar surface area (TPSA) is 29.1 Å². The Labute approximate surface area is 140 Å². The highest BCUT2D eigenvalue weighted by molar-refractivity contribution is 8.00. The predicted molar refractivity (Wildman–Crippen MR) is 86.8 cm³/mol. The van der Waals surface area contributed by atoms with Crippen LogP contribution in [0.3, 0.4) is 0 Å². The summed E-state index contributed by atoms with van der Waals surface area (Å²) >= 11 is 12.9. The molecular weight excluding hydrogens is 351 g/mol. The third kappa shape index (κ3) is 4.35. The quantitative estimate of drug-likeness (QED) is 0.739. The molecule has 7 heteroatoms. The number of benzene rings is 2. The largest absolute Gasteiger partial charge is 0.324 e. The summed E-state index contributed by atoms with van der Waals surface area (Å²) in [4.78, 5) is 12.6. The molecule has 1 atom stereocenters. The maximum Gasteiger partial charge on any atom is 0.237 e. The molecule has 0 aliphatic rings. The van der Waals surface area contributed by atoms with Crippen LogP contribution in [0.15, 0.2) is 41.3 Å². The van der Waals surface area contributed by atoms with Crippen LogP contribution < -0.4 is 5.32 Å². The van der Waals surface area contributed by atoms with Gasteiger partial charge in [0.15, 0.2) is 11.6 Å². The smallest absolute Gasteiger partial charge is 0.237 e. The van der Waals surface area contributed by atoms with Gasteiger partial charge in [-0.3, -0.25) is 4.79 Å². The Hall–Kier alpha value is -1.30. The lowest BCUT2D eigenvalue weighted by atomic mass is 10.3. The summed E-state index contributed by atoms with van der Waals surface area (Å²) in [6.45, 7) is 1.65. The van der Waals surface area contributed by atoms with E-state index < -0.39 is 16.9 Å². The summed E-state index contributed by atoms with van der Waals surface area (Å²) < 4.78 is 26.0. The minimum atomic E-state index is -0.949. The van der Waals surface area contributed by atoms with Crippen LogP contribution in [0, 0.1) is 11.6 Å². The Bertz CT molecular complexity index is 712. The fourth-order valence-corrected chi connectivity index (χ4v) is 2.86. The van der Waals surface area contributed by atoms with Crippen molar-refractivity contribution in [3.63, 3.8) is 0 Å². The maximum atomic E-state index is 13.2. The van der Waals surface area contributed by atoms with Crippen LogP contribution in [0.2, 0.25) is 10.0 Å². The van der Waals surface area contributed by atoms with Gasteiger partial charge in [-0.15, -0.1) is 11.8 Å². The van der Waals surface area contributed by atoms with E-state index in [1.165, 1.54) is 12.1 Å². The van der Waals surface area contributed by atoms with Crippen molar-refractivity contribution in [1.29, 1.82) is 0 Å². The zero-order chi connectivity index (χ0) is 16.3. The molecule has 0 aliphatic carbocycles. The highest BCUT2D eigenvalue weighted by Crippen LogP contribution is 2.28. The van der Waals surface area contributed by atoms with Gasteiger partial charge in [-0.1, -0.05) is 23.2 Å². The first-order valence-electron chi connectivity index (χ1n) is 6.24. The van der Waals surface area contributed by atoms with E-state index in [1.54, 1.807) is 19.1 Å². The molecule has 0 heterocycles. The summed E-state index contributed by atoms with van der Waals surface area (Å²) in [5.74, 6) is -2.19. The Balaban J connectivity index is 2.05. The molecule has 2 aromatic rings. The van der Waals surface area contributed by atoms with E-state index in [0.717, 1.165) is 23.9 Å². The Morgan fingerprint density at radius 3 is 2.55 bits per heavy atom. The van der Waals surface area contributed by atoms with Crippen molar-refractivity contribution in [3.05, 3.63) is 58.1 Å².